The molecule has 196 valence electrons. The third-order valence-corrected chi connectivity index (χ3v) is 6.66. The Bertz CT molecular complexity index is 896. The molecule has 5 heteroatoms. The highest BCUT2D eigenvalue weighted by Crippen LogP contribution is 2.23. The lowest BCUT2D eigenvalue weighted by atomic mass is 10.2. The van der Waals surface area contributed by atoms with Crippen molar-refractivity contribution in [2.24, 2.45) is 0 Å². The number of carbonyl (C=O) groups is 2. The molecule has 1 N–H and O–H groups in total. The van der Waals surface area contributed by atoms with E-state index in [1.807, 2.05) is 6.92 Å². The number of ether oxygens (including phenoxy) is 1. The van der Waals surface area contributed by atoms with Gasteiger partial charge in [-0.05, 0) is 75.7 Å². The predicted octanol–water partition coefficient (Wildman–Crippen LogP) is 8.72. The zero-order valence-electron chi connectivity index (χ0n) is 21.8. The van der Waals surface area contributed by atoms with E-state index in [1.165, 1.54) is 12.1 Å². The lowest BCUT2D eigenvalue weighted by molar-refractivity contribution is -0.133. The van der Waals surface area contributed by atoms with Crippen molar-refractivity contribution >= 4 is 23.7 Å². The van der Waals surface area contributed by atoms with Crippen molar-refractivity contribution in [3.8, 4) is 5.75 Å². The van der Waals surface area contributed by atoms with Gasteiger partial charge in [-0.2, -0.15) is 0 Å². The smallest absolute Gasteiger partial charge is 0.339 e. The largest absolute Gasteiger partial charge is 0.478 e. The van der Waals surface area contributed by atoms with Gasteiger partial charge in [0.1, 0.15) is 16.6 Å². The quantitative estimate of drug-likeness (QED) is 0.0872. The van der Waals surface area contributed by atoms with E-state index in [-0.39, 0.29) is 22.5 Å². The van der Waals surface area contributed by atoms with Crippen LogP contribution in [0.5, 0.6) is 5.75 Å². The van der Waals surface area contributed by atoms with Crippen LogP contribution < -0.4 is 4.74 Å². The van der Waals surface area contributed by atoms with Gasteiger partial charge in [-0.3, -0.25) is 4.79 Å². The molecular formula is C31H42O4S. The number of carboxylic acid groups (broad SMARTS) is 1. The second-order valence-electron chi connectivity index (χ2n) is 8.19. The normalized spacial score (nSPS) is 13.1. The highest BCUT2D eigenvalue weighted by Gasteiger charge is 2.21. The summed E-state index contributed by atoms with van der Waals surface area (Å²) in [5, 5.41) is 8.95. The van der Waals surface area contributed by atoms with Crippen LogP contribution in [0.2, 0.25) is 0 Å². The second kappa shape index (κ2) is 21.5. The van der Waals surface area contributed by atoms with Crippen molar-refractivity contribution < 1.29 is 19.4 Å². The summed E-state index contributed by atoms with van der Waals surface area (Å²) >= 11 is 1.58. The van der Waals surface area contributed by atoms with E-state index in [2.05, 4.69) is 67.7 Å². The number of rotatable bonds is 19. The molecule has 0 saturated carbocycles. The van der Waals surface area contributed by atoms with Gasteiger partial charge in [-0.25, -0.2) is 4.79 Å². The van der Waals surface area contributed by atoms with Gasteiger partial charge in [-0.15, -0.1) is 11.8 Å². The fourth-order valence-electron chi connectivity index (χ4n) is 3.22. The Labute approximate surface area is 221 Å². The predicted molar refractivity (Wildman–Crippen MR) is 154 cm³/mol. The molecule has 0 heterocycles. The molecule has 1 atom stereocenters. The molecule has 0 radical (unpaired) electrons. The average molecular weight is 511 g/mol. The molecule has 36 heavy (non-hydrogen) atoms. The first-order valence-electron chi connectivity index (χ1n) is 13.0. The molecule has 4 nitrogen and oxygen atoms in total. The van der Waals surface area contributed by atoms with Gasteiger partial charge >= 0.3 is 11.9 Å². The van der Waals surface area contributed by atoms with E-state index in [9.17, 15) is 14.7 Å². The second-order valence-corrected chi connectivity index (χ2v) is 9.50. The Balaban J connectivity index is 2.13. The van der Waals surface area contributed by atoms with Crippen LogP contribution in [0, 0.1) is 0 Å². The number of allylic oxidation sites excluding steroid dienone is 10. The van der Waals surface area contributed by atoms with Crippen LogP contribution in [0.15, 0.2) is 85.0 Å². The van der Waals surface area contributed by atoms with Crippen molar-refractivity contribution in [3.63, 3.8) is 0 Å². The van der Waals surface area contributed by atoms with E-state index < -0.39 is 5.97 Å². The first kappa shape index (κ1) is 31.2. The molecule has 0 fully saturated rings. The lowest BCUT2D eigenvalue weighted by Gasteiger charge is -2.14. The van der Waals surface area contributed by atoms with Crippen molar-refractivity contribution in [3.05, 3.63) is 90.6 Å². The third-order valence-electron chi connectivity index (χ3n) is 5.20. The van der Waals surface area contributed by atoms with Crippen LogP contribution in [-0.4, -0.2) is 28.0 Å². The van der Waals surface area contributed by atoms with Crippen molar-refractivity contribution in [1.29, 1.82) is 0 Å². The summed E-state index contributed by atoms with van der Waals surface area (Å²) in [5.41, 5.74) is 0.00256. The van der Waals surface area contributed by atoms with Crippen LogP contribution in [0.1, 0.15) is 82.0 Å². The van der Waals surface area contributed by atoms with E-state index in [1.54, 1.807) is 23.9 Å². The number of para-hydroxylation sites is 1. The molecule has 0 aliphatic carbocycles. The van der Waals surface area contributed by atoms with Crippen molar-refractivity contribution in [2.45, 2.75) is 76.9 Å². The van der Waals surface area contributed by atoms with Crippen LogP contribution in [0.3, 0.4) is 0 Å². The fraction of sp³-hybridized carbons (Fsp3) is 0.419. The molecule has 0 aliphatic heterocycles. The number of aromatic carboxylic acids is 1. The zero-order chi connectivity index (χ0) is 26.3. The molecule has 1 aromatic rings. The number of unbranched alkanes of at least 4 members (excludes halogenated alkanes) is 2. The SMILES string of the molecule is CCC=CCC=CCC=CCC=CCC=CCCCCSC(CC)C(=O)Oc1ccccc1C(=O)O. The number of carbonyl (C=O) groups excluding carboxylic acids is 1. The van der Waals surface area contributed by atoms with E-state index >= 15 is 0 Å². The van der Waals surface area contributed by atoms with E-state index in [0.717, 1.165) is 57.1 Å². The van der Waals surface area contributed by atoms with Gasteiger partial charge in [0.2, 0.25) is 0 Å². The molecule has 0 bridgehead atoms. The Morgan fingerprint density at radius 2 is 1.39 bits per heavy atom. The monoisotopic (exact) mass is 510 g/mol. The maximum atomic E-state index is 12.5. The van der Waals surface area contributed by atoms with Crippen molar-refractivity contribution in [1.82, 2.24) is 0 Å². The Morgan fingerprint density at radius 1 is 0.833 bits per heavy atom. The number of esters is 1. The summed E-state index contributed by atoms with van der Waals surface area (Å²) in [5.74, 6) is -0.505. The average Bonchev–Trinajstić information content (AvgIpc) is 2.87. The molecule has 1 rings (SSSR count). The highest BCUT2D eigenvalue weighted by molar-refractivity contribution is 8.00. The molecule has 0 saturated heterocycles. The highest BCUT2D eigenvalue weighted by atomic mass is 32.2. The van der Waals surface area contributed by atoms with Gasteiger partial charge in [0.15, 0.2) is 0 Å². The van der Waals surface area contributed by atoms with Crippen LogP contribution in [0.4, 0.5) is 0 Å². The molecule has 0 spiro atoms. The van der Waals surface area contributed by atoms with Crippen LogP contribution >= 0.6 is 11.8 Å². The minimum atomic E-state index is -1.10. The molecule has 0 aromatic heterocycles. The first-order chi connectivity index (χ1) is 17.6. The van der Waals surface area contributed by atoms with Crippen LogP contribution in [-0.2, 0) is 4.79 Å². The summed E-state index contributed by atoms with van der Waals surface area (Å²) in [6.07, 6.45) is 30.8. The topological polar surface area (TPSA) is 63.6 Å². The van der Waals surface area contributed by atoms with Gasteiger partial charge in [0.25, 0.3) is 0 Å². The summed E-state index contributed by atoms with van der Waals surface area (Å²) in [6, 6.07) is 6.24. The Morgan fingerprint density at radius 3 is 1.94 bits per heavy atom. The number of hydrogen-bond donors (Lipinski definition) is 1. The Hall–Kier alpha value is -2.79. The van der Waals surface area contributed by atoms with Gasteiger partial charge in [0, 0.05) is 0 Å². The molecule has 0 amide bonds. The van der Waals surface area contributed by atoms with Crippen LogP contribution in [0.25, 0.3) is 0 Å². The van der Waals surface area contributed by atoms with Crippen molar-refractivity contribution in [2.75, 3.05) is 5.75 Å². The van der Waals surface area contributed by atoms with E-state index in [0.29, 0.717) is 6.42 Å². The summed E-state index contributed by atoms with van der Waals surface area (Å²) in [6.45, 7) is 4.09. The van der Waals surface area contributed by atoms with Gasteiger partial charge in [0.05, 0.1) is 0 Å². The number of benzene rings is 1. The van der Waals surface area contributed by atoms with Gasteiger partial charge in [-0.1, -0.05) is 86.7 Å². The maximum Gasteiger partial charge on any atom is 0.339 e. The maximum absolute atomic E-state index is 12.5. The lowest BCUT2D eigenvalue weighted by Crippen LogP contribution is -2.23. The molecule has 1 aromatic carbocycles. The summed E-state index contributed by atoms with van der Waals surface area (Å²) in [4.78, 5) is 23.8. The van der Waals surface area contributed by atoms with E-state index in [4.69, 9.17) is 4.74 Å². The Kier molecular flexibility index (Phi) is 18.6. The molecular weight excluding hydrogens is 468 g/mol. The minimum Gasteiger partial charge on any atom is -0.478 e. The fourth-order valence-corrected chi connectivity index (χ4v) is 4.29. The number of thioether (sulfide) groups is 1. The molecule has 1 unspecified atom stereocenters. The minimum absolute atomic E-state index is 0.00256. The van der Waals surface area contributed by atoms with Gasteiger partial charge < -0.3 is 9.84 Å². The summed E-state index contributed by atoms with van der Waals surface area (Å²) < 4.78 is 5.38. The first-order valence-corrected chi connectivity index (χ1v) is 14.1. The summed E-state index contributed by atoms with van der Waals surface area (Å²) in [7, 11) is 0. The number of hydrogen-bond acceptors (Lipinski definition) is 4. The molecule has 0 aliphatic rings. The zero-order valence-corrected chi connectivity index (χ0v) is 22.6. The number of carboxylic acids is 1. The third kappa shape index (κ3) is 15.3. The standard InChI is InChI=1S/C31H42O4S/c1-3-5-6-7-8-9-10-11-12-13-14-15-16-17-18-19-20-23-26-36-29(4-2)31(34)35-28-25-22-21-24-27(28)30(32)33/h5-6,8-9,11-12,14-15,17-18,21-22,24-25,29H,3-4,7,10,13,16,19-20,23,26H2,1-2H3,(H,32,33).